The summed E-state index contributed by atoms with van der Waals surface area (Å²) in [5, 5.41) is 5.47. The van der Waals surface area contributed by atoms with E-state index in [9.17, 15) is 14.4 Å². The molecule has 0 aromatic carbocycles. The van der Waals surface area contributed by atoms with Crippen LogP contribution in [0.15, 0.2) is 29.3 Å². The molecule has 8 heteroatoms. The van der Waals surface area contributed by atoms with Crippen molar-refractivity contribution in [3.63, 3.8) is 0 Å². The lowest BCUT2D eigenvalue weighted by Crippen LogP contribution is -2.50. The maximum Gasteiger partial charge on any atom is 0.254 e. The molecule has 0 saturated heterocycles. The molecule has 8 nitrogen and oxygen atoms in total. The van der Waals surface area contributed by atoms with Gasteiger partial charge in [-0.15, -0.1) is 0 Å². The summed E-state index contributed by atoms with van der Waals surface area (Å²) >= 11 is 0. The summed E-state index contributed by atoms with van der Waals surface area (Å²) in [4.78, 5) is 47.8. The Morgan fingerprint density at radius 2 is 1.86 bits per heavy atom. The van der Waals surface area contributed by atoms with Crippen LogP contribution in [0, 0.1) is 6.92 Å². The highest BCUT2D eigenvalue weighted by Crippen LogP contribution is 2.13. The third kappa shape index (κ3) is 6.00. The van der Waals surface area contributed by atoms with Crippen LogP contribution >= 0.6 is 0 Å². The fourth-order valence-corrected chi connectivity index (χ4v) is 2.65. The number of nitrogens with zero attached hydrogens (tertiary/aromatic N) is 2. The van der Waals surface area contributed by atoms with Crippen LogP contribution < -0.4 is 16.2 Å². The van der Waals surface area contributed by atoms with Crippen molar-refractivity contribution < 1.29 is 9.59 Å². The predicted octanol–water partition coefficient (Wildman–Crippen LogP) is 1.49. The van der Waals surface area contributed by atoms with Gasteiger partial charge in [0.25, 0.3) is 5.56 Å². The van der Waals surface area contributed by atoms with E-state index >= 15 is 0 Å². The van der Waals surface area contributed by atoms with Gasteiger partial charge in [-0.05, 0) is 53.2 Å². The van der Waals surface area contributed by atoms with Gasteiger partial charge in [0.1, 0.15) is 11.9 Å². The molecule has 3 N–H and O–H groups in total. The molecular weight excluding hydrogens is 358 g/mol. The highest BCUT2D eigenvalue weighted by Gasteiger charge is 2.21. The quantitative estimate of drug-likeness (QED) is 0.696. The molecule has 28 heavy (non-hydrogen) atoms. The molecular formula is C20H27N5O3. The van der Waals surface area contributed by atoms with Gasteiger partial charge in [-0.25, -0.2) is 4.98 Å². The maximum atomic E-state index is 12.4. The topological polar surface area (TPSA) is 117 Å². The number of H-pyrrole nitrogens is 1. The highest BCUT2D eigenvalue weighted by molar-refractivity contribution is 5.87. The summed E-state index contributed by atoms with van der Waals surface area (Å²) in [5.41, 5.74) is 1.15. The molecule has 1 atom stereocenters. The highest BCUT2D eigenvalue weighted by atomic mass is 16.2. The number of hydrogen-bond donors (Lipinski definition) is 3. The summed E-state index contributed by atoms with van der Waals surface area (Å²) in [6, 6.07) is 2.86. The number of aromatic amines is 1. The van der Waals surface area contributed by atoms with E-state index in [0.29, 0.717) is 17.1 Å². The first-order valence-electron chi connectivity index (χ1n) is 9.18. The van der Waals surface area contributed by atoms with Crippen molar-refractivity contribution in [2.75, 3.05) is 0 Å². The SMILES string of the molecule is Cc1nc(-c2ccncc2)[nH]c(=O)c1CCC(=O)N[C@@H](C)C(=O)NC(C)(C)C. The number of aromatic nitrogens is 3. The maximum absolute atomic E-state index is 12.4. The molecule has 2 rings (SSSR count). The van der Waals surface area contributed by atoms with E-state index in [1.807, 2.05) is 20.8 Å². The average molecular weight is 385 g/mol. The van der Waals surface area contributed by atoms with Crippen molar-refractivity contribution in [1.29, 1.82) is 0 Å². The molecule has 0 spiro atoms. The van der Waals surface area contributed by atoms with Gasteiger partial charge in [0.15, 0.2) is 0 Å². The second-order valence-corrected chi connectivity index (χ2v) is 7.74. The number of carbonyl (C=O) groups is 2. The first-order valence-corrected chi connectivity index (χ1v) is 9.18. The molecule has 0 aliphatic carbocycles. The summed E-state index contributed by atoms with van der Waals surface area (Å²) in [5.74, 6) is -0.0857. The van der Waals surface area contributed by atoms with Gasteiger partial charge in [0.2, 0.25) is 11.8 Å². The summed E-state index contributed by atoms with van der Waals surface area (Å²) in [6.45, 7) is 8.99. The smallest absolute Gasteiger partial charge is 0.254 e. The Labute approximate surface area is 164 Å². The van der Waals surface area contributed by atoms with Crippen molar-refractivity contribution in [2.45, 2.75) is 59.0 Å². The van der Waals surface area contributed by atoms with E-state index in [1.54, 1.807) is 38.4 Å². The van der Waals surface area contributed by atoms with Crippen LogP contribution in [0.5, 0.6) is 0 Å². The lowest BCUT2D eigenvalue weighted by molar-refractivity contribution is -0.129. The van der Waals surface area contributed by atoms with Gasteiger partial charge in [-0.1, -0.05) is 0 Å². The number of hydrogen-bond acceptors (Lipinski definition) is 5. The summed E-state index contributed by atoms with van der Waals surface area (Å²) in [6.07, 6.45) is 3.58. The van der Waals surface area contributed by atoms with Crippen molar-refractivity contribution in [3.8, 4) is 11.4 Å². The Morgan fingerprint density at radius 3 is 2.43 bits per heavy atom. The fraction of sp³-hybridized carbons (Fsp3) is 0.450. The predicted molar refractivity (Wildman–Crippen MR) is 107 cm³/mol. The molecule has 2 aromatic heterocycles. The van der Waals surface area contributed by atoms with E-state index in [0.717, 1.165) is 5.56 Å². The number of amides is 2. The Morgan fingerprint density at radius 1 is 1.21 bits per heavy atom. The largest absolute Gasteiger partial charge is 0.350 e. The van der Waals surface area contributed by atoms with Crippen LogP contribution in [-0.2, 0) is 16.0 Å². The molecule has 0 bridgehead atoms. The Balaban J connectivity index is 2.00. The van der Waals surface area contributed by atoms with Crippen LogP contribution in [0.4, 0.5) is 0 Å². The lowest BCUT2D eigenvalue weighted by atomic mass is 10.1. The minimum atomic E-state index is -0.654. The Bertz CT molecular complexity index is 900. The molecule has 150 valence electrons. The number of nitrogens with one attached hydrogen (secondary N) is 3. The summed E-state index contributed by atoms with van der Waals surface area (Å²) < 4.78 is 0. The van der Waals surface area contributed by atoms with Gasteiger partial charge in [-0.3, -0.25) is 19.4 Å². The minimum absolute atomic E-state index is 0.0906. The monoisotopic (exact) mass is 385 g/mol. The van der Waals surface area contributed by atoms with Crippen LogP contribution in [-0.4, -0.2) is 38.3 Å². The fourth-order valence-electron chi connectivity index (χ4n) is 2.65. The molecule has 2 amide bonds. The molecule has 0 unspecified atom stereocenters. The van der Waals surface area contributed by atoms with E-state index in [4.69, 9.17) is 0 Å². The van der Waals surface area contributed by atoms with Crippen LogP contribution in [0.1, 0.15) is 45.4 Å². The normalized spacial score (nSPS) is 12.3. The third-order valence-electron chi connectivity index (χ3n) is 4.05. The van der Waals surface area contributed by atoms with E-state index < -0.39 is 6.04 Å². The number of aryl methyl sites for hydroxylation is 1. The average Bonchev–Trinajstić information content (AvgIpc) is 2.60. The molecule has 0 fully saturated rings. The van der Waals surface area contributed by atoms with Crippen LogP contribution in [0.2, 0.25) is 0 Å². The van der Waals surface area contributed by atoms with Gasteiger partial charge < -0.3 is 15.6 Å². The molecule has 0 aliphatic heterocycles. The minimum Gasteiger partial charge on any atom is -0.350 e. The Kier molecular flexibility index (Phi) is 6.66. The molecule has 0 aliphatic rings. The number of carbonyl (C=O) groups excluding carboxylic acids is 2. The van der Waals surface area contributed by atoms with Crippen LogP contribution in [0.25, 0.3) is 11.4 Å². The van der Waals surface area contributed by atoms with Gasteiger partial charge in [0, 0.05) is 41.2 Å². The van der Waals surface area contributed by atoms with Crippen molar-refractivity contribution in [1.82, 2.24) is 25.6 Å². The number of pyridine rings is 1. The van der Waals surface area contributed by atoms with E-state index in [1.165, 1.54) is 0 Å². The zero-order valence-corrected chi connectivity index (χ0v) is 16.9. The van der Waals surface area contributed by atoms with Crippen molar-refractivity contribution >= 4 is 11.8 Å². The lowest BCUT2D eigenvalue weighted by Gasteiger charge is -2.23. The van der Waals surface area contributed by atoms with Crippen molar-refractivity contribution in [2.24, 2.45) is 0 Å². The zero-order valence-electron chi connectivity index (χ0n) is 16.9. The van der Waals surface area contributed by atoms with E-state index in [-0.39, 0.29) is 35.8 Å². The van der Waals surface area contributed by atoms with Gasteiger partial charge in [0.05, 0.1) is 0 Å². The summed E-state index contributed by atoms with van der Waals surface area (Å²) in [7, 11) is 0. The third-order valence-corrected chi connectivity index (χ3v) is 4.05. The standard InChI is InChI=1S/C20H27N5O3/c1-12-15(19(28)24-17(23-12)14-8-10-21-11-9-14)6-7-16(26)22-13(2)18(27)25-20(3,4)5/h8-11,13H,6-7H2,1-5H3,(H,22,26)(H,25,27)(H,23,24,28)/t13-/m0/s1. The van der Waals surface area contributed by atoms with E-state index in [2.05, 4.69) is 25.6 Å². The van der Waals surface area contributed by atoms with Crippen LogP contribution in [0.3, 0.4) is 0 Å². The first-order chi connectivity index (χ1) is 13.1. The van der Waals surface area contributed by atoms with Gasteiger partial charge >= 0.3 is 0 Å². The molecule has 2 heterocycles. The number of rotatable bonds is 6. The first kappa shape index (κ1) is 21.3. The zero-order chi connectivity index (χ0) is 20.9. The molecule has 0 saturated carbocycles. The van der Waals surface area contributed by atoms with Gasteiger partial charge in [-0.2, -0.15) is 0 Å². The Hall–Kier alpha value is -3.03. The van der Waals surface area contributed by atoms with Crippen molar-refractivity contribution in [3.05, 3.63) is 46.1 Å². The molecule has 2 aromatic rings. The molecule has 0 radical (unpaired) electrons. The second kappa shape index (κ2) is 8.77. The second-order valence-electron chi connectivity index (χ2n) is 7.74.